The number of ether oxygens (including phenoxy) is 3. The second-order valence-electron chi connectivity index (χ2n) is 8.37. The maximum atomic E-state index is 12.1. The average Bonchev–Trinajstić information content (AvgIpc) is 2.63. The molecule has 0 aliphatic heterocycles. The Kier molecular flexibility index (Phi) is 13.4. The van der Waals surface area contributed by atoms with E-state index in [0.717, 1.165) is 5.56 Å². The number of hydrogen-bond acceptors (Lipinski definition) is 6. The first kappa shape index (κ1) is 29.2. The first-order valence-corrected chi connectivity index (χ1v) is 10.2. The number of pyridine rings is 1. The van der Waals surface area contributed by atoms with Crippen LogP contribution in [0.3, 0.4) is 0 Å². The number of nitrogens with one attached hydrogen (secondary N) is 3. The molecule has 1 amide bonds. The minimum absolute atomic E-state index is 0. The molecule has 0 radical (unpaired) electrons. The van der Waals surface area contributed by atoms with Gasteiger partial charge in [-0.15, -0.1) is 24.0 Å². The van der Waals surface area contributed by atoms with E-state index in [1.54, 1.807) is 13.3 Å². The molecule has 0 aliphatic carbocycles. The predicted octanol–water partition coefficient (Wildman–Crippen LogP) is 3.08. The van der Waals surface area contributed by atoms with Crippen LogP contribution in [0.25, 0.3) is 0 Å². The van der Waals surface area contributed by atoms with Gasteiger partial charge in [-0.05, 0) is 47.6 Å². The first-order chi connectivity index (χ1) is 14.1. The van der Waals surface area contributed by atoms with E-state index in [2.05, 4.69) is 25.9 Å². The van der Waals surface area contributed by atoms with E-state index in [4.69, 9.17) is 14.2 Å². The molecule has 0 saturated carbocycles. The molecule has 178 valence electrons. The summed E-state index contributed by atoms with van der Waals surface area (Å²) in [6.07, 6.45) is 1.23. The van der Waals surface area contributed by atoms with Crippen molar-refractivity contribution in [2.24, 2.45) is 4.99 Å². The van der Waals surface area contributed by atoms with Gasteiger partial charge in [0.05, 0.1) is 18.7 Å². The van der Waals surface area contributed by atoms with Crippen LogP contribution < -0.4 is 20.7 Å². The maximum absolute atomic E-state index is 12.1. The van der Waals surface area contributed by atoms with Gasteiger partial charge in [-0.2, -0.15) is 0 Å². The third-order valence-electron chi connectivity index (χ3n) is 3.67. The van der Waals surface area contributed by atoms with Crippen LogP contribution in [-0.4, -0.2) is 61.6 Å². The summed E-state index contributed by atoms with van der Waals surface area (Å²) in [7, 11) is 1.63. The van der Waals surface area contributed by atoms with Gasteiger partial charge in [0.2, 0.25) is 5.88 Å². The molecule has 9 nitrogen and oxygen atoms in total. The van der Waals surface area contributed by atoms with Crippen LogP contribution in [0, 0.1) is 0 Å². The molecule has 3 N–H and O–H groups in total. The number of aromatic nitrogens is 1. The number of amides is 1. The lowest BCUT2D eigenvalue weighted by Gasteiger charge is -2.29. The molecule has 0 spiro atoms. The number of hydrogen-bond donors (Lipinski definition) is 3. The zero-order chi connectivity index (χ0) is 22.6. The summed E-state index contributed by atoms with van der Waals surface area (Å²) in [5.74, 6) is 1.17. The highest BCUT2D eigenvalue weighted by molar-refractivity contribution is 14.0. The number of nitrogens with zero attached hydrogens (tertiary/aromatic N) is 2. The highest BCUT2D eigenvalue weighted by atomic mass is 127. The number of carbonyl (C=O) groups is 1. The average molecular weight is 551 g/mol. The Labute approximate surface area is 203 Å². The number of carbonyl (C=O) groups excluding carboxylic acids is 1. The summed E-state index contributed by atoms with van der Waals surface area (Å²) in [6.45, 7) is 13.8. The Morgan fingerprint density at radius 3 is 2.48 bits per heavy atom. The molecule has 1 aromatic heterocycles. The molecule has 0 saturated heterocycles. The summed E-state index contributed by atoms with van der Waals surface area (Å²) in [5.41, 5.74) is -0.213. The smallest absolute Gasteiger partial charge is 0.408 e. The number of aliphatic imine (C=N–C) groups is 1. The van der Waals surface area contributed by atoms with Gasteiger partial charge in [0, 0.05) is 32.0 Å². The van der Waals surface area contributed by atoms with E-state index < -0.39 is 17.2 Å². The van der Waals surface area contributed by atoms with Crippen LogP contribution in [0.1, 0.15) is 47.1 Å². The van der Waals surface area contributed by atoms with E-state index in [-0.39, 0.29) is 24.0 Å². The SMILES string of the molecule is CCNC(=NCc1cccnc1OCCOC)NCC(C)(C)NC(=O)OC(C)(C)C.I. The zero-order valence-electron chi connectivity index (χ0n) is 19.7. The molecular formula is C21H38IN5O4. The molecule has 0 aliphatic rings. The van der Waals surface area contributed by atoms with Gasteiger partial charge in [0.15, 0.2) is 5.96 Å². The quantitative estimate of drug-likeness (QED) is 0.178. The van der Waals surface area contributed by atoms with Crippen LogP contribution in [0.5, 0.6) is 5.88 Å². The Hall–Kier alpha value is -1.82. The highest BCUT2D eigenvalue weighted by Gasteiger charge is 2.24. The fraction of sp³-hybridized carbons (Fsp3) is 0.667. The standard InChI is InChI=1S/C21H37N5O4.HI/c1-8-22-18(25-15-21(5,6)26-19(27)30-20(2,3)4)24-14-16-10-9-11-23-17(16)29-13-12-28-7;/h9-11H,8,12-15H2,1-7H3,(H,26,27)(H2,22,24,25);1H. The summed E-state index contributed by atoms with van der Waals surface area (Å²) in [6, 6.07) is 3.78. The minimum Gasteiger partial charge on any atom is -0.475 e. The van der Waals surface area contributed by atoms with Crippen LogP contribution in [0.2, 0.25) is 0 Å². The Balaban J connectivity index is 0.00000900. The van der Waals surface area contributed by atoms with E-state index in [1.165, 1.54) is 0 Å². The van der Waals surface area contributed by atoms with Gasteiger partial charge in [-0.3, -0.25) is 0 Å². The van der Waals surface area contributed by atoms with Crippen LogP contribution >= 0.6 is 24.0 Å². The fourth-order valence-electron chi connectivity index (χ4n) is 2.33. The Bertz CT molecular complexity index is 693. The van der Waals surface area contributed by atoms with Crippen molar-refractivity contribution in [1.82, 2.24) is 20.9 Å². The van der Waals surface area contributed by atoms with Crippen molar-refractivity contribution in [1.29, 1.82) is 0 Å². The largest absolute Gasteiger partial charge is 0.475 e. The Morgan fingerprint density at radius 1 is 1.16 bits per heavy atom. The van der Waals surface area contributed by atoms with Crippen molar-refractivity contribution < 1.29 is 19.0 Å². The lowest BCUT2D eigenvalue weighted by atomic mass is 10.1. The normalized spacial score (nSPS) is 11.9. The fourth-order valence-corrected chi connectivity index (χ4v) is 2.33. The van der Waals surface area contributed by atoms with E-state index in [1.807, 2.05) is 53.7 Å². The van der Waals surface area contributed by atoms with Crippen molar-refractivity contribution in [3.63, 3.8) is 0 Å². The molecular weight excluding hydrogens is 513 g/mol. The number of halogens is 1. The van der Waals surface area contributed by atoms with Crippen molar-refractivity contribution in [3.05, 3.63) is 23.9 Å². The van der Waals surface area contributed by atoms with E-state index in [0.29, 0.717) is 44.7 Å². The van der Waals surface area contributed by atoms with Crippen molar-refractivity contribution in [2.75, 3.05) is 33.4 Å². The molecule has 0 fully saturated rings. The summed E-state index contributed by atoms with van der Waals surface area (Å²) >= 11 is 0. The maximum Gasteiger partial charge on any atom is 0.408 e. The molecule has 0 aromatic carbocycles. The lowest BCUT2D eigenvalue weighted by Crippen LogP contribution is -2.54. The topological polar surface area (TPSA) is 106 Å². The van der Waals surface area contributed by atoms with Gasteiger partial charge < -0.3 is 30.2 Å². The van der Waals surface area contributed by atoms with E-state index >= 15 is 0 Å². The Morgan fingerprint density at radius 2 is 1.87 bits per heavy atom. The second kappa shape index (κ2) is 14.3. The monoisotopic (exact) mass is 551 g/mol. The molecule has 0 atom stereocenters. The minimum atomic E-state index is -0.545. The summed E-state index contributed by atoms with van der Waals surface area (Å²) < 4.78 is 16.0. The molecule has 0 bridgehead atoms. The number of alkyl carbamates (subject to hydrolysis) is 1. The van der Waals surface area contributed by atoms with Crippen molar-refractivity contribution in [2.45, 2.75) is 59.2 Å². The number of guanidine groups is 1. The number of rotatable bonds is 10. The van der Waals surface area contributed by atoms with E-state index in [9.17, 15) is 4.79 Å². The molecule has 1 aromatic rings. The first-order valence-electron chi connectivity index (χ1n) is 10.2. The molecule has 1 rings (SSSR count). The van der Waals surface area contributed by atoms with Gasteiger partial charge in [-0.1, -0.05) is 6.07 Å². The molecule has 10 heteroatoms. The van der Waals surface area contributed by atoms with Crippen molar-refractivity contribution >= 4 is 36.0 Å². The van der Waals surface area contributed by atoms with Crippen LogP contribution in [-0.2, 0) is 16.0 Å². The number of methoxy groups -OCH3 is 1. The molecule has 0 unspecified atom stereocenters. The summed E-state index contributed by atoms with van der Waals surface area (Å²) in [4.78, 5) is 20.9. The third-order valence-corrected chi connectivity index (χ3v) is 3.67. The third kappa shape index (κ3) is 13.2. The molecule has 1 heterocycles. The molecule has 31 heavy (non-hydrogen) atoms. The van der Waals surface area contributed by atoms with Crippen molar-refractivity contribution in [3.8, 4) is 5.88 Å². The summed E-state index contributed by atoms with van der Waals surface area (Å²) in [5, 5.41) is 9.33. The predicted molar refractivity (Wildman–Crippen MR) is 133 cm³/mol. The van der Waals surface area contributed by atoms with Crippen LogP contribution in [0.15, 0.2) is 23.3 Å². The van der Waals surface area contributed by atoms with Gasteiger partial charge >= 0.3 is 6.09 Å². The second-order valence-corrected chi connectivity index (χ2v) is 8.37. The zero-order valence-corrected chi connectivity index (χ0v) is 22.0. The van der Waals surface area contributed by atoms with Gasteiger partial charge in [-0.25, -0.2) is 14.8 Å². The lowest BCUT2D eigenvalue weighted by molar-refractivity contribution is 0.0474. The van der Waals surface area contributed by atoms with Gasteiger partial charge in [0.1, 0.15) is 12.2 Å². The highest BCUT2D eigenvalue weighted by Crippen LogP contribution is 2.15. The van der Waals surface area contributed by atoms with Gasteiger partial charge in [0.25, 0.3) is 0 Å². The van der Waals surface area contributed by atoms with Crippen LogP contribution in [0.4, 0.5) is 4.79 Å².